The summed E-state index contributed by atoms with van der Waals surface area (Å²) in [5, 5.41) is 0. The SMILES string of the molecule is COC(=O)CCCc1cc[n+](OC)cc1. The Morgan fingerprint density at radius 1 is 1.33 bits per heavy atom. The summed E-state index contributed by atoms with van der Waals surface area (Å²) in [5.41, 5.74) is 1.19. The normalized spacial score (nSPS) is 9.73. The Balaban J connectivity index is 2.34. The van der Waals surface area contributed by atoms with Gasteiger partial charge in [0, 0.05) is 23.3 Å². The molecule has 0 aliphatic carbocycles. The number of hydrogen-bond acceptors (Lipinski definition) is 3. The van der Waals surface area contributed by atoms with Crippen LogP contribution in [-0.4, -0.2) is 20.2 Å². The Bertz CT molecular complexity index is 308. The van der Waals surface area contributed by atoms with Crippen LogP contribution in [0.25, 0.3) is 0 Å². The van der Waals surface area contributed by atoms with Gasteiger partial charge in [0.1, 0.15) is 7.11 Å². The third-order valence-electron chi connectivity index (χ3n) is 2.16. The predicted molar refractivity (Wildman–Crippen MR) is 54.1 cm³/mol. The van der Waals surface area contributed by atoms with Crippen molar-refractivity contribution in [3.8, 4) is 0 Å². The summed E-state index contributed by atoms with van der Waals surface area (Å²) >= 11 is 0. The number of aryl methyl sites for hydroxylation is 1. The van der Waals surface area contributed by atoms with Crippen molar-refractivity contribution in [1.82, 2.24) is 0 Å². The van der Waals surface area contributed by atoms with Gasteiger partial charge in [0.15, 0.2) is 0 Å². The van der Waals surface area contributed by atoms with Gasteiger partial charge in [0.2, 0.25) is 12.4 Å². The summed E-state index contributed by atoms with van der Waals surface area (Å²) in [4.78, 5) is 15.8. The molecule has 0 radical (unpaired) electrons. The number of aromatic nitrogens is 1. The lowest BCUT2D eigenvalue weighted by atomic mass is 10.1. The third-order valence-corrected chi connectivity index (χ3v) is 2.16. The van der Waals surface area contributed by atoms with Gasteiger partial charge in [-0.2, -0.15) is 0 Å². The molecule has 0 saturated heterocycles. The second kappa shape index (κ2) is 6.01. The van der Waals surface area contributed by atoms with Gasteiger partial charge in [-0.25, -0.2) is 0 Å². The molecule has 82 valence electrons. The molecular weight excluding hydrogens is 194 g/mol. The van der Waals surface area contributed by atoms with Crippen LogP contribution in [0.15, 0.2) is 24.5 Å². The molecule has 1 heterocycles. The minimum Gasteiger partial charge on any atom is -0.469 e. The van der Waals surface area contributed by atoms with Gasteiger partial charge >= 0.3 is 5.97 Å². The summed E-state index contributed by atoms with van der Waals surface area (Å²) in [6, 6.07) is 3.95. The molecule has 4 nitrogen and oxygen atoms in total. The van der Waals surface area contributed by atoms with Crippen molar-refractivity contribution in [3.05, 3.63) is 30.1 Å². The first kappa shape index (κ1) is 11.5. The largest absolute Gasteiger partial charge is 0.469 e. The van der Waals surface area contributed by atoms with Crippen LogP contribution in [0.1, 0.15) is 18.4 Å². The van der Waals surface area contributed by atoms with E-state index < -0.39 is 0 Å². The smallest absolute Gasteiger partial charge is 0.305 e. The number of carbonyl (C=O) groups excluding carboxylic acids is 1. The molecule has 0 unspecified atom stereocenters. The Morgan fingerprint density at radius 2 is 2.00 bits per heavy atom. The van der Waals surface area contributed by atoms with E-state index in [0.29, 0.717) is 6.42 Å². The standard InChI is InChI=1S/C11H16NO3/c1-14-11(13)5-3-4-10-6-8-12(15-2)9-7-10/h6-9H,3-5H2,1-2H3/q+1. The molecule has 0 amide bonds. The van der Waals surface area contributed by atoms with Gasteiger partial charge < -0.3 is 4.74 Å². The molecule has 1 rings (SSSR count). The van der Waals surface area contributed by atoms with E-state index in [1.807, 2.05) is 24.5 Å². The Kier molecular flexibility index (Phi) is 4.60. The lowest BCUT2D eigenvalue weighted by molar-refractivity contribution is -0.885. The van der Waals surface area contributed by atoms with Crippen LogP contribution in [-0.2, 0) is 16.0 Å². The zero-order chi connectivity index (χ0) is 11.1. The lowest BCUT2D eigenvalue weighted by Crippen LogP contribution is -2.39. The minimum atomic E-state index is -0.155. The fourth-order valence-corrected chi connectivity index (χ4v) is 1.27. The third kappa shape index (κ3) is 3.97. The van der Waals surface area contributed by atoms with Crippen LogP contribution in [0.4, 0.5) is 0 Å². The van der Waals surface area contributed by atoms with E-state index in [1.165, 1.54) is 12.7 Å². The fourth-order valence-electron chi connectivity index (χ4n) is 1.27. The molecule has 1 aromatic rings. The summed E-state index contributed by atoms with van der Waals surface area (Å²) in [5.74, 6) is -0.155. The van der Waals surface area contributed by atoms with E-state index in [-0.39, 0.29) is 5.97 Å². The molecular formula is C11H16NO3+. The second-order valence-electron chi connectivity index (χ2n) is 3.18. The molecule has 0 N–H and O–H groups in total. The number of esters is 1. The van der Waals surface area contributed by atoms with Crippen LogP contribution in [0, 0.1) is 0 Å². The topological polar surface area (TPSA) is 39.4 Å². The number of carbonyl (C=O) groups is 1. The molecule has 0 spiro atoms. The van der Waals surface area contributed by atoms with Crippen LogP contribution < -0.4 is 9.57 Å². The summed E-state index contributed by atoms with van der Waals surface area (Å²) in [6.07, 6.45) is 5.83. The summed E-state index contributed by atoms with van der Waals surface area (Å²) in [7, 11) is 3.02. The molecule has 0 aliphatic rings. The number of nitrogens with zero attached hydrogens (tertiary/aromatic N) is 1. The van der Waals surface area contributed by atoms with Gasteiger partial charge in [-0.1, -0.05) is 0 Å². The van der Waals surface area contributed by atoms with Gasteiger partial charge in [0.25, 0.3) is 0 Å². The molecule has 15 heavy (non-hydrogen) atoms. The molecule has 0 aliphatic heterocycles. The van der Waals surface area contributed by atoms with Crippen LogP contribution >= 0.6 is 0 Å². The predicted octanol–water partition coefficient (Wildman–Crippen LogP) is 0.528. The maximum atomic E-state index is 10.9. The van der Waals surface area contributed by atoms with E-state index in [2.05, 4.69) is 4.74 Å². The quantitative estimate of drug-likeness (QED) is 0.525. The highest BCUT2D eigenvalue weighted by atomic mass is 16.6. The molecule has 1 aromatic heterocycles. The lowest BCUT2D eigenvalue weighted by Gasteiger charge is -1.99. The van der Waals surface area contributed by atoms with Crippen molar-refractivity contribution in [2.75, 3.05) is 14.2 Å². The highest BCUT2D eigenvalue weighted by Gasteiger charge is 2.02. The molecule has 0 aromatic carbocycles. The van der Waals surface area contributed by atoms with E-state index in [1.54, 1.807) is 11.8 Å². The average Bonchev–Trinajstić information content (AvgIpc) is 2.29. The number of pyridine rings is 1. The first-order valence-electron chi connectivity index (χ1n) is 4.87. The van der Waals surface area contributed by atoms with Crippen molar-refractivity contribution in [1.29, 1.82) is 0 Å². The molecule has 4 heteroatoms. The monoisotopic (exact) mass is 210 g/mol. The van der Waals surface area contributed by atoms with Crippen LogP contribution in [0.2, 0.25) is 0 Å². The molecule has 0 fully saturated rings. The minimum absolute atomic E-state index is 0.155. The van der Waals surface area contributed by atoms with E-state index in [0.717, 1.165) is 12.8 Å². The van der Waals surface area contributed by atoms with Crippen molar-refractivity contribution in [2.45, 2.75) is 19.3 Å². The Morgan fingerprint density at radius 3 is 2.53 bits per heavy atom. The Hall–Kier alpha value is -1.58. The van der Waals surface area contributed by atoms with Crippen LogP contribution in [0.3, 0.4) is 0 Å². The zero-order valence-corrected chi connectivity index (χ0v) is 9.10. The summed E-state index contributed by atoms with van der Waals surface area (Å²) < 4.78 is 6.18. The molecule has 0 saturated carbocycles. The first-order chi connectivity index (χ1) is 7.26. The van der Waals surface area contributed by atoms with Gasteiger partial charge in [0.05, 0.1) is 7.11 Å². The van der Waals surface area contributed by atoms with Crippen LogP contribution in [0.5, 0.6) is 0 Å². The van der Waals surface area contributed by atoms with Crippen molar-refractivity contribution in [3.63, 3.8) is 0 Å². The zero-order valence-electron chi connectivity index (χ0n) is 9.10. The number of methoxy groups -OCH3 is 1. The second-order valence-corrected chi connectivity index (χ2v) is 3.18. The number of ether oxygens (including phenoxy) is 1. The molecule has 0 atom stereocenters. The van der Waals surface area contributed by atoms with Gasteiger partial charge in [-0.15, -0.1) is 0 Å². The fraction of sp³-hybridized carbons (Fsp3) is 0.455. The average molecular weight is 210 g/mol. The Labute approximate surface area is 89.4 Å². The van der Waals surface area contributed by atoms with Crippen molar-refractivity contribution in [2.24, 2.45) is 0 Å². The van der Waals surface area contributed by atoms with Gasteiger partial charge in [-0.05, 0) is 18.4 Å². The highest BCUT2D eigenvalue weighted by molar-refractivity contribution is 5.69. The van der Waals surface area contributed by atoms with Crippen molar-refractivity contribution >= 4 is 5.97 Å². The maximum absolute atomic E-state index is 10.9. The van der Waals surface area contributed by atoms with E-state index in [4.69, 9.17) is 4.84 Å². The summed E-state index contributed by atoms with van der Waals surface area (Å²) in [6.45, 7) is 0. The highest BCUT2D eigenvalue weighted by Crippen LogP contribution is 2.03. The van der Waals surface area contributed by atoms with Crippen molar-refractivity contribution < 1.29 is 19.1 Å². The maximum Gasteiger partial charge on any atom is 0.305 e. The molecule has 0 bridgehead atoms. The number of hydrogen-bond donors (Lipinski definition) is 0. The van der Waals surface area contributed by atoms with Gasteiger partial charge in [-0.3, -0.25) is 9.63 Å². The first-order valence-corrected chi connectivity index (χ1v) is 4.87. The number of rotatable bonds is 5. The van der Waals surface area contributed by atoms with E-state index >= 15 is 0 Å². The van der Waals surface area contributed by atoms with E-state index in [9.17, 15) is 4.79 Å².